The Morgan fingerprint density at radius 1 is 1.52 bits per heavy atom. The molecule has 2 fully saturated rings. The number of aromatic nitrogens is 3. The van der Waals surface area contributed by atoms with Gasteiger partial charge < -0.3 is 10.1 Å². The van der Waals surface area contributed by atoms with Crippen molar-refractivity contribution >= 4 is 28.2 Å². The number of carbonyl (C=O) groups is 2. The maximum Gasteiger partial charge on any atom is 0.307 e. The van der Waals surface area contributed by atoms with Gasteiger partial charge in [-0.1, -0.05) is 11.3 Å². The lowest BCUT2D eigenvalue weighted by molar-refractivity contribution is -0.149. The van der Waals surface area contributed by atoms with Gasteiger partial charge in [0, 0.05) is 0 Å². The summed E-state index contributed by atoms with van der Waals surface area (Å²) in [6, 6.07) is 0. The van der Waals surface area contributed by atoms with Gasteiger partial charge in [-0.2, -0.15) is 5.10 Å². The van der Waals surface area contributed by atoms with E-state index in [2.05, 4.69) is 15.4 Å². The molecule has 1 spiro atoms. The van der Waals surface area contributed by atoms with E-state index in [0.29, 0.717) is 6.54 Å². The second-order valence-electron chi connectivity index (χ2n) is 6.30. The summed E-state index contributed by atoms with van der Waals surface area (Å²) in [5, 5.41) is 8.16. The number of hydrogen-bond donors (Lipinski definition) is 1. The molecule has 23 heavy (non-hydrogen) atoms. The van der Waals surface area contributed by atoms with Gasteiger partial charge in [-0.25, -0.2) is 9.50 Å². The molecule has 1 unspecified atom stereocenters. The van der Waals surface area contributed by atoms with Gasteiger partial charge in [-0.05, 0) is 32.6 Å². The van der Waals surface area contributed by atoms with E-state index >= 15 is 0 Å². The van der Waals surface area contributed by atoms with E-state index in [-0.39, 0.29) is 24.2 Å². The Labute approximate surface area is 137 Å². The third-order valence-corrected chi connectivity index (χ3v) is 5.57. The van der Waals surface area contributed by atoms with E-state index in [0.717, 1.165) is 41.3 Å². The zero-order chi connectivity index (χ0) is 16.0. The van der Waals surface area contributed by atoms with Crippen LogP contribution in [0.25, 0.3) is 4.96 Å². The van der Waals surface area contributed by atoms with Crippen LogP contribution in [0.2, 0.25) is 0 Å². The number of rotatable bonds is 3. The zero-order valence-corrected chi connectivity index (χ0v) is 13.7. The first-order valence-corrected chi connectivity index (χ1v) is 8.69. The molecule has 1 amide bonds. The Morgan fingerprint density at radius 3 is 3.04 bits per heavy atom. The number of nitrogens with one attached hydrogen (secondary N) is 1. The fourth-order valence-electron chi connectivity index (χ4n) is 3.68. The number of ether oxygens (including phenoxy) is 1. The predicted octanol–water partition coefficient (Wildman–Crippen LogP) is 1.59. The number of amides is 1. The molecule has 4 rings (SSSR count). The van der Waals surface area contributed by atoms with Crippen LogP contribution in [0.5, 0.6) is 0 Å². The highest BCUT2D eigenvalue weighted by Gasteiger charge is 2.53. The minimum Gasteiger partial charge on any atom is -0.458 e. The van der Waals surface area contributed by atoms with Gasteiger partial charge in [-0.3, -0.25) is 9.59 Å². The minimum atomic E-state index is -0.561. The molecule has 2 aromatic heterocycles. The van der Waals surface area contributed by atoms with Crippen molar-refractivity contribution < 1.29 is 14.3 Å². The zero-order valence-electron chi connectivity index (χ0n) is 12.9. The van der Waals surface area contributed by atoms with Crippen molar-refractivity contribution in [2.75, 3.05) is 0 Å². The Kier molecular flexibility index (Phi) is 3.37. The van der Waals surface area contributed by atoms with Gasteiger partial charge in [0.2, 0.25) is 10.9 Å². The molecular formula is C15H18N4O3S. The summed E-state index contributed by atoms with van der Waals surface area (Å²) in [6.45, 7) is 2.27. The molecule has 1 saturated heterocycles. The van der Waals surface area contributed by atoms with Crippen LogP contribution in [-0.4, -0.2) is 32.1 Å². The molecule has 1 aliphatic heterocycles. The van der Waals surface area contributed by atoms with E-state index in [1.54, 1.807) is 4.52 Å². The number of hydrogen-bond acceptors (Lipinski definition) is 6. The molecular weight excluding hydrogens is 316 g/mol. The van der Waals surface area contributed by atoms with Crippen molar-refractivity contribution in [1.82, 2.24) is 19.9 Å². The molecule has 0 aromatic carbocycles. The molecule has 2 aliphatic rings. The molecule has 122 valence electrons. The average molecular weight is 334 g/mol. The first kappa shape index (κ1) is 14.6. The van der Waals surface area contributed by atoms with E-state index in [1.807, 2.05) is 13.1 Å². The highest BCUT2D eigenvalue weighted by atomic mass is 32.1. The van der Waals surface area contributed by atoms with Crippen LogP contribution in [-0.2, 0) is 20.9 Å². The molecule has 1 N–H and O–H groups in total. The summed E-state index contributed by atoms with van der Waals surface area (Å²) in [5.41, 5.74) is 0.205. The van der Waals surface area contributed by atoms with Gasteiger partial charge in [-0.15, -0.1) is 0 Å². The molecule has 1 atom stereocenters. The van der Waals surface area contributed by atoms with Crippen molar-refractivity contribution in [3.63, 3.8) is 0 Å². The average Bonchev–Trinajstić information content (AvgIpc) is 3.22. The van der Waals surface area contributed by atoms with E-state index in [9.17, 15) is 9.59 Å². The van der Waals surface area contributed by atoms with Crippen molar-refractivity contribution in [2.24, 2.45) is 5.92 Å². The summed E-state index contributed by atoms with van der Waals surface area (Å²) in [7, 11) is 0. The number of aryl methyl sites for hydroxylation is 1. The number of nitrogens with zero attached hydrogens (tertiary/aromatic N) is 3. The largest absolute Gasteiger partial charge is 0.458 e. The highest BCUT2D eigenvalue weighted by Crippen LogP contribution is 2.45. The summed E-state index contributed by atoms with van der Waals surface area (Å²) < 4.78 is 7.24. The first-order chi connectivity index (χ1) is 11.1. The predicted molar refractivity (Wildman–Crippen MR) is 82.8 cm³/mol. The number of imidazole rings is 1. The van der Waals surface area contributed by atoms with E-state index < -0.39 is 5.60 Å². The van der Waals surface area contributed by atoms with Crippen LogP contribution in [0.15, 0.2) is 6.20 Å². The molecule has 1 aliphatic carbocycles. The standard InChI is InChI=1S/C15H18N4O3S/c1-9-18-19-8-10(17-14(19)23-9)7-16-13(21)11-6-12(20)22-15(11)4-2-3-5-15/h8,11H,2-7H2,1H3,(H,16,21). The van der Waals surface area contributed by atoms with Gasteiger partial charge in [0.05, 0.1) is 30.8 Å². The van der Waals surface area contributed by atoms with Crippen LogP contribution in [0.4, 0.5) is 0 Å². The summed E-state index contributed by atoms with van der Waals surface area (Å²) in [4.78, 5) is 29.5. The molecule has 2 aromatic rings. The van der Waals surface area contributed by atoms with Crippen molar-refractivity contribution in [3.8, 4) is 0 Å². The van der Waals surface area contributed by atoms with Crippen LogP contribution in [0.3, 0.4) is 0 Å². The van der Waals surface area contributed by atoms with Gasteiger partial charge in [0.25, 0.3) is 0 Å². The van der Waals surface area contributed by atoms with Crippen LogP contribution in [0.1, 0.15) is 42.8 Å². The Balaban J connectivity index is 1.44. The molecule has 3 heterocycles. The van der Waals surface area contributed by atoms with Gasteiger partial charge in [0.1, 0.15) is 10.6 Å². The maximum absolute atomic E-state index is 12.5. The lowest BCUT2D eigenvalue weighted by atomic mass is 9.85. The van der Waals surface area contributed by atoms with Crippen LogP contribution in [0, 0.1) is 12.8 Å². The van der Waals surface area contributed by atoms with E-state index in [4.69, 9.17) is 4.74 Å². The molecule has 0 bridgehead atoms. The SMILES string of the molecule is Cc1nn2cc(CNC(=O)C3CC(=O)OC34CCCC4)nc2s1. The number of esters is 1. The maximum atomic E-state index is 12.5. The normalized spacial score (nSPS) is 22.8. The van der Waals surface area contributed by atoms with Crippen LogP contribution >= 0.6 is 11.3 Å². The topological polar surface area (TPSA) is 85.6 Å². The van der Waals surface area contributed by atoms with Gasteiger partial charge >= 0.3 is 5.97 Å². The molecule has 8 heteroatoms. The summed E-state index contributed by atoms with van der Waals surface area (Å²) in [6.07, 6.45) is 5.62. The second-order valence-corrected chi connectivity index (χ2v) is 7.46. The Morgan fingerprint density at radius 2 is 2.30 bits per heavy atom. The lowest BCUT2D eigenvalue weighted by Gasteiger charge is -2.27. The molecule has 0 radical (unpaired) electrons. The quantitative estimate of drug-likeness (QED) is 0.862. The lowest BCUT2D eigenvalue weighted by Crippen LogP contribution is -2.42. The Bertz CT molecular complexity index is 743. The smallest absolute Gasteiger partial charge is 0.307 e. The highest BCUT2D eigenvalue weighted by molar-refractivity contribution is 7.16. The van der Waals surface area contributed by atoms with Crippen molar-refractivity contribution in [3.05, 3.63) is 16.9 Å². The van der Waals surface area contributed by atoms with E-state index in [1.165, 1.54) is 11.3 Å². The summed E-state index contributed by atoms with van der Waals surface area (Å²) >= 11 is 1.51. The summed E-state index contributed by atoms with van der Waals surface area (Å²) in [5.74, 6) is -0.742. The van der Waals surface area contributed by atoms with Crippen molar-refractivity contribution in [2.45, 2.75) is 51.2 Å². The minimum absolute atomic E-state index is 0.113. The fourth-order valence-corrected chi connectivity index (χ4v) is 4.42. The molecule has 7 nitrogen and oxygen atoms in total. The monoisotopic (exact) mass is 334 g/mol. The third-order valence-electron chi connectivity index (χ3n) is 4.73. The third kappa shape index (κ3) is 2.50. The van der Waals surface area contributed by atoms with Crippen LogP contribution < -0.4 is 5.32 Å². The van der Waals surface area contributed by atoms with Gasteiger partial charge in [0.15, 0.2) is 0 Å². The van der Waals surface area contributed by atoms with Crippen molar-refractivity contribution in [1.29, 1.82) is 0 Å². The second kappa shape index (κ2) is 5.30. The Hall–Kier alpha value is -1.96. The molecule has 1 saturated carbocycles. The number of carbonyl (C=O) groups excluding carboxylic acids is 2. The fraction of sp³-hybridized carbons (Fsp3) is 0.600. The number of fused-ring (bicyclic) bond motifs is 1. The first-order valence-electron chi connectivity index (χ1n) is 7.87.